The zero-order chi connectivity index (χ0) is 11.3. The standard InChI is InChI=1S/C13H12BrNO/c1-7(16)9-4-5-11-10(6-9)12(14)13(15-11)8-2-3-8/h4-6,8,15H,2-3H2,1H3. The van der Waals surface area contributed by atoms with Gasteiger partial charge in [-0.1, -0.05) is 0 Å². The summed E-state index contributed by atoms with van der Waals surface area (Å²) in [6.07, 6.45) is 2.54. The average molecular weight is 278 g/mol. The van der Waals surface area contributed by atoms with Gasteiger partial charge in [0, 0.05) is 32.6 Å². The van der Waals surface area contributed by atoms with E-state index in [-0.39, 0.29) is 5.78 Å². The Labute approximate surface area is 102 Å². The fourth-order valence-electron chi connectivity index (χ4n) is 2.05. The normalized spacial score (nSPS) is 15.6. The van der Waals surface area contributed by atoms with Crippen LogP contribution in [0.4, 0.5) is 0 Å². The van der Waals surface area contributed by atoms with E-state index in [2.05, 4.69) is 20.9 Å². The summed E-state index contributed by atoms with van der Waals surface area (Å²) in [5.41, 5.74) is 3.17. The summed E-state index contributed by atoms with van der Waals surface area (Å²) < 4.78 is 1.13. The van der Waals surface area contributed by atoms with Gasteiger partial charge in [-0.15, -0.1) is 0 Å². The Morgan fingerprint density at radius 2 is 2.19 bits per heavy atom. The summed E-state index contributed by atoms with van der Waals surface area (Å²) in [5.74, 6) is 0.797. The minimum atomic E-state index is 0.114. The van der Waals surface area contributed by atoms with Crippen LogP contribution in [-0.2, 0) is 0 Å². The third kappa shape index (κ3) is 1.50. The number of aromatic nitrogens is 1. The Hall–Kier alpha value is -1.09. The number of H-pyrrole nitrogens is 1. The molecule has 1 aliphatic rings. The molecule has 0 unspecified atom stereocenters. The number of benzene rings is 1. The van der Waals surface area contributed by atoms with Gasteiger partial charge in [-0.25, -0.2) is 0 Å². The Bertz CT molecular complexity index is 581. The van der Waals surface area contributed by atoms with Crippen LogP contribution >= 0.6 is 15.9 Å². The molecule has 1 fully saturated rings. The molecule has 1 N–H and O–H groups in total. The van der Waals surface area contributed by atoms with E-state index < -0.39 is 0 Å². The molecule has 3 rings (SSSR count). The molecule has 1 aliphatic carbocycles. The fourth-order valence-corrected chi connectivity index (χ4v) is 2.80. The lowest BCUT2D eigenvalue weighted by Gasteiger charge is -1.96. The first-order chi connectivity index (χ1) is 7.66. The summed E-state index contributed by atoms with van der Waals surface area (Å²) in [5, 5.41) is 1.12. The van der Waals surface area contributed by atoms with Crippen LogP contribution < -0.4 is 0 Å². The number of carbonyl (C=O) groups is 1. The summed E-state index contributed by atoms with van der Waals surface area (Å²) >= 11 is 3.63. The van der Waals surface area contributed by atoms with Crippen LogP contribution in [0.2, 0.25) is 0 Å². The van der Waals surface area contributed by atoms with Crippen molar-refractivity contribution in [2.24, 2.45) is 0 Å². The van der Waals surface area contributed by atoms with Crippen molar-refractivity contribution in [3.8, 4) is 0 Å². The first kappa shape index (κ1) is 10.1. The Balaban J connectivity index is 2.22. The van der Waals surface area contributed by atoms with Crippen molar-refractivity contribution < 1.29 is 4.79 Å². The van der Waals surface area contributed by atoms with Crippen molar-refractivity contribution in [2.45, 2.75) is 25.7 Å². The molecule has 0 atom stereocenters. The molecule has 82 valence electrons. The summed E-state index contributed by atoms with van der Waals surface area (Å²) in [4.78, 5) is 14.8. The predicted octanol–water partition coefficient (Wildman–Crippen LogP) is 4.01. The molecule has 1 aromatic carbocycles. The zero-order valence-corrected chi connectivity index (χ0v) is 10.6. The van der Waals surface area contributed by atoms with Crippen molar-refractivity contribution >= 4 is 32.6 Å². The van der Waals surface area contributed by atoms with Gasteiger partial charge in [0.25, 0.3) is 0 Å². The van der Waals surface area contributed by atoms with Gasteiger partial charge in [-0.05, 0) is 53.9 Å². The van der Waals surface area contributed by atoms with E-state index in [1.807, 2.05) is 18.2 Å². The summed E-state index contributed by atoms with van der Waals surface area (Å²) in [7, 11) is 0. The van der Waals surface area contributed by atoms with Gasteiger partial charge >= 0.3 is 0 Å². The monoisotopic (exact) mass is 277 g/mol. The molecule has 0 spiro atoms. The Morgan fingerprint density at radius 1 is 1.44 bits per heavy atom. The highest BCUT2D eigenvalue weighted by Crippen LogP contribution is 2.45. The SMILES string of the molecule is CC(=O)c1ccc2[nH]c(C3CC3)c(Br)c2c1. The first-order valence-electron chi connectivity index (χ1n) is 5.49. The highest BCUT2D eigenvalue weighted by molar-refractivity contribution is 9.10. The predicted molar refractivity (Wildman–Crippen MR) is 68.0 cm³/mol. The van der Waals surface area contributed by atoms with Crippen molar-refractivity contribution in [3.63, 3.8) is 0 Å². The third-order valence-electron chi connectivity index (χ3n) is 3.15. The number of nitrogens with one attached hydrogen (secondary N) is 1. The van der Waals surface area contributed by atoms with E-state index >= 15 is 0 Å². The first-order valence-corrected chi connectivity index (χ1v) is 6.28. The molecule has 1 heterocycles. The van der Waals surface area contributed by atoms with Gasteiger partial charge in [0.2, 0.25) is 0 Å². The van der Waals surface area contributed by atoms with E-state index in [0.29, 0.717) is 5.92 Å². The zero-order valence-electron chi connectivity index (χ0n) is 9.01. The molecule has 0 saturated heterocycles. The maximum absolute atomic E-state index is 11.3. The van der Waals surface area contributed by atoms with Gasteiger partial charge in [0.05, 0.1) is 0 Å². The van der Waals surface area contributed by atoms with Crippen LogP contribution in [0.5, 0.6) is 0 Å². The molecular weight excluding hydrogens is 266 g/mol. The van der Waals surface area contributed by atoms with Gasteiger partial charge in [0.1, 0.15) is 0 Å². The van der Waals surface area contributed by atoms with Crippen LogP contribution in [0.25, 0.3) is 10.9 Å². The number of halogens is 1. The number of carbonyl (C=O) groups excluding carboxylic acids is 1. The quantitative estimate of drug-likeness (QED) is 0.827. The summed E-state index contributed by atoms with van der Waals surface area (Å²) in [6, 6.07) is 5.83. The Kier molecular flexibility index (Phi) is 2.18. The number of fused-ring (bicyclic) bond motifs is 1. The topological polar surface area (TPSA) is 32.9 Å². The van der Waals surface area contributed by atoms with E-state index in [0.717, 1.165) is 20.9 Å². The molecule has 0 bridgehead atoms. The van der Waals surface area contributed by atoms with Crippen molar-refractivity contribution in [3.05, 3.63) is 33.9 Å². The van der Waals surface area contributed by atoms with Crippen LogP contribution in [0.3, 0.4) is 0 Å². The van der Waals surface area contributed by atoms with Crippen LogP contribution in [0.15, 0.2) is 22.7 Å². The molecule has 3 heteroatoms. The van der Waals surface area contributed by atoms with Crippen LogP contribution in [0.1, 0.15) is 41.7 Å². The molecule has 0 aliphatic heterocycles. The third-order valence-corrected chi connectivity index (χ3v) is 4.01. The second-order valence-corrected chi connectivity index (χ2v) is 5.24. The lowest BCUT2D eigenvalue weighted by Crippen LogP contribution is -1.90. The highest BCUT2D eigenvalue weighted by atomic mass is 79.9. The maximum atomic E-state index is 11.3. The number of rotatable bonds is 2. The van der Waals surface area contributed by atoms with E-state index in [4.69, 9.17) is 0 Å². The average Bonchev–Trinajstić information content (AvgIpc) is 3.04. The smallest absolute Gasteiger partial charge is 0.159 e. The van der Waals surface area contributed by atoms with Crippen LogP contribution in [-0.4, -0.2) is 10.8 Å². The van der Waals surface area contributed by atoms with E-state index in [1.165, 1.54) is 18.5 Å². The minimum absolute atomic E-state index is 0.114. The lowest BCUT2D eigenvalue weighted by atomic mass is 10.1. The summed E-state index contributed by atoms with van der Waals surface area (Å²) in [6.45, 7) is 1.60. The number of Topliss-reactive ketones (excluding diaryl/α,β-unsaturated/α-hetero) is 1. The fraction of sp³-hybridized carbons (Fsp3) is 0.308. The molecule has 0 radical (unpaired) electrons. The van der Waals surface area contributed by atoms with Crippen molar-refractivity contribution in [1.82, 2.24) is 4.98 Å². The molecular formula is C13H12BrNO. The van der Waals surface area contributed by atoms with E-state index in [9.17, 15) is 4.79 Å². The molecule has 2 aromatic rings. The van der Waals surface area contributed by atoms with Crippen molar-refractivity contribution in [2.75, 3.05) is 0 Å². The van der Waals surface area contributed by atoms with E-state index in [1.54, 1.807) is 6.92 Å². The number of ketones is 1. The Morgan fingerprint density at radius 3 is 2.81 bits per heavy atom. The number of hydrogen-bond acceptors (Lipinski definition) is 1. The molecule has 16 heavy (non-hydrogen) atoms. The maximum Gasteiger partial charge on any atom is 0.159 e. The van der Waals surface area contributed by atoms with Gasteiger partial charge in [-0.2, -0.15) is 0 Å². The molecule has 2 nitrogen and oxygen atoms in total. The second-order valence-electron chi connectivity index (χ2n) is 4.44. The number of aromatic amines is 1. The van der Waals surface area contributed by atoms with Gasteiger partial charge in [-0.3, -0.25) is 4.79 Å². The highest BCUT2D eigenvalue weighted by Gasteiger charge is 2.28. The number of hydrogen-bond donors (Lipinski definition) is 1. The minimum Gasteiger partial charge on any atom is -0.357 e. The molecule has 0 amide bonds. The molecule has 1 aromatic heterocycles. The molecule has 1 saturated carbocycles. The van der Waals surface area contributed by atoms with Crippen molar-refractivity contribution in [1.29, 1.82) is 0 Å². The van der Waals surface area contributed by atoms with Gasteiger partial charge in [0.15, 0.2) is 5.78 Å². The largest absolute Gasteiger partial charge is 0.357 e. The van der Waals surface area contributed by atoms with Crippen LogP contribution in [0, 0.1) is 0 Å². The van der Waals surface area contributed by atoms with Gasteiger partial charge < -0.3 is 4.98 Å². The second kappa shape index (κ2) is 3.45. The lowest BCUT2D eigenvalue weighted by molar-refractivity contribution is 0.101.